The van der Waals surface area contributed by atoms with Crippen LogP contribution in [0.15, 0.2) is 47.4 Å². The lowest BCUT2D eigenvalue weighted by molar-refractivity contribution is 0.295. The van der Waals surface area contributed by atoms with E-state index in [1.54, 1.807) is 11.9 Å². The normalized spacial score (nSPS) is 15.6. The molecule has 2 nitrogen and oxygen atoms in total. The molecule has 1 saturated heterocycles. The maximum Gasteiger partial charge on any atom is 0.0503 e. The Morgan fingerprint density at radius 2 is 1.70 bits per heavy atom. The van der Waals surface area contributed by atoms with E-state index in [1.807, 2.05) is 48.2 Å². The average molecular weight is 385 g/mol. The fourth-order valence-electron chi connectivity index (χ4n) is 2.40. The highest BCUT2D eigenvalue weighted by Gasteiger charge is 2.13. The zero-order valence-electron chi connectivity index (χ0n) is 12.6. The standard InChI is InChI=1S/C17H18Cl2N2S2/c18-14-3-5-16(6-4-14)23-20-17-11-15(19)2-1-13(17)12-21-7-9-22-10-8-21/h1-6,11,20H,7-10,12H2. The molecule has 0 unspecified atom stereocenters. The molecule has 0 aliphatic carbocycles. The van der Waals surface area contributed by atoms with Gasteiger partial charge in [0.05, 0.1) is 5.69 Å². The van der Waals surface area contributed by atoms with Crippen molar-refractivity contribution < 1.29 is 0 Å². The molecular weight excluding hydrogens is 367 g/mol. The first-order chi connectivity index (χ1) is 11.2. The first-order valence-corrected chi connectivity index (χ1v) is 10.2. The van der Waals surface area contributed by atoms with Crippen LogP contribution in [0.1, 0.15) is 5.56 Å². The summed E-state index contributed by atoms with van der Waals surface area (Å²) in [7, 11) is 0. The lowest BCUT2D eigenvalue weighted by Gasteiger charge is -2.27. The van der Waals surface area contributed by atoms with Crippen LogP contribution in [-0.4, -0.2) is 29.5 Å². The van der Waals surface area contributed by atoms with Gasteiger partial charge in [-0.05, 0) is 53.9 Å². The Hall–Kier alpha value is -0.520. The van der Waals surface area contributed by atoms with E-state index in [0.717, 1.165) is 40.3 Å². The van der Waals surface area contributed by atoms with Crippen molar-refractivity contribution >= 4 is 52.6 Å². The minimum atomic E-state index is 0.751. The van der Waals surface area contributed by atoms with Gasteiger partial charge in [0, 0.05) is 46.1 Å². The van der Waals surface area contributed by atoms with E-state index in [-0.39, 0.29) is 0 Å². The summed E-state index contributed by atoms with van der Waals surface area (Å²) in [4.78, 5) is 3.62. The molecule has 23 heavy (non-hydrogen) atoms. The summed E-state index contributed by atoms with van der Waals surface area (Å²) in [5.74, 6) is 2.44. The topological polar surface area (TPSA) is 15.3 Å². The molecule has 0 radical (unpaired) electrons. The summed E-state index contributed by atoms with van der Waals surface area (Å²) < 4.78 is 3.44. The van der Waals surface area contributed by atoms with E-state index in [2.05, 4.69) is 15.7 Å². The fraction of sp³-hybridized carbons (Fsp3) is 0.294. The number of thioether (sulfide) groups is 1. The fourth-order valence-corrected chi connectivity index (χ4v) is 4.37. The van der Waals surface area contributed by atoms with Crippen LogP contribution in [0.3, 0.4) is 0 Å². The Morgan fingerprint density at radius 3 is 2.43 bits per heavy atom. The number of nitrogens with one attached hydrogen (secondary N) is 1. The van der Waals surface area contributed by atoms with E-state index in [0.29, 0.717) is 0 Å². The van der Waals surface area contributed by atoms with Gasteiger partial charge < -0.3 is 4.72 Å². The molecule has 3 rings (SSSR count). The van der Waals surface area contributed by atoms with Gasteiger partial charge in [-0.25, -0.2) is 0 Å². The summed E-state index contributed by atoms with van der Waals surface area (Å²) in [5.41, 5.74) is 2.36. The Kier molecular flexibility index (Phi) is 6.43. The molecule has 1 heterocycles. The van der Waals surface area contributed by atoms with Crippen LogP contribution in [-0.2, 0) is 6.54 Å². The van der Waals surface area contributed by atoms with Crippen molar-refractivity contribution in [3.05, 3.63) is 58.1 Å². The van der Waals surface area contributed by atoms with Crippen molar-refractivity contribution in [3.63, 3.8) is 0 Å². The van der Waals surface area contributed by atoms with Crippen LogP contribution in [0.4, 0.5) is 5.69 Å². The van der Waals surface area contributed by atoms with Gasteiger partial charge in [0.1, 0.15) is 0 Å². The smallest absolute Gasteiger partial charge is 0.0503 e. The highest BCUT2D eigenvalue weighted by Crippen LogP contribution is 2.28. The van der Waals surface area contributed by atoms with E-state index >= 15 is 0 Å². The van der Waals surface area contributed by atoms with Gasteiger partial charge in [0.2, 0.25) is 0 Å². The maximum atomic E-state index is 6.18. The SMILES string of the molecule is Clc1ccc(SNc2cc(Cl)ccc2CN2CCSCC2)cc1. The molecule has 0 spiro atoms. The minimum absolute atomic E-state index is 0.751. The Balaban J connectivity index is 1.69. The number of nitrogens with zero attached hydrogens (tertiary/aromatic N) is 1. The summed E-state index contributed by atoms with van der Waals surface area (Å²) in [6.07, 6.45) is 0. The second-order valence-corrected chi connectivity index (χ2v) is 8.33. The summed E-state index contributed by atoms with van der Waals surface area (Å²) >= 11 is 15.7. The molecule has 2 aromatic rings. The van der Waals surface area contributed by atoms with E-state index < -0.39 is 0 Å². The van der Waals surface area contributed by atoms with Crippen molar-refractivity contribution in [2.75, 3.05) is 29.3 Å². The lowest BCUT2D eigenvalue weighted by Crippen LogP contribution is -2.32. The van der Waals surface area contributed by atoms with Gasteiger partial charge in [-0.2, -0.15) is 11.8 Å². The molecular formula is C17H18Cl2N2S2. The number of hydrogen-bond donors (Lipinski definition) is 1. The first kappa shape index (κ1) is 17.3. The molecule has 0 aromatic heterocycles. The maximum absolute atomic E-state index is 6.18. The summed E-state index contributed by atoms with van der Waals surface area (Å²) in [6.45, 7) is 3.26. The minimum Gasteiger partial charge on any atom is -0.325 e. The Bertz CT molecular complexity index is 644. The molecule has 0 atom stereocenters. The Labute approximate surface area is 156 Å². The van der Waals surface area contributed by atoms with E-state index in [1.165, 1.54) is 17.1 Å². The van der Waals surface area contributed by atoms with Crippen molar-refractivity contribution in [1.29, 1.82) is 0 Å². The van der Waals surface area contributed by atoms with Gasteiger partial charge in [-0.15, -0.1) is 0 Å². The van der Waals surface area contributed by atoms with Gasteiger partial charge >= 0.3 is 0 Å². The van der Waals surface area contributed by atoms with E-state index in [4.69, 9.17) is 23.2 Å². The third-order valence-corrected chi connectivity index (χ3v) is 5.92. The second kappa shape index (κ2) is 8.54. The molecule has 0 bridgehead atoms. The zero-order chi connectivity index (χ0) is 16.1. The monoisotopic (exact) mass is 384 g/mol. The van der Waals surface area contributed by atoms with Gasteiger partial charge in [0.15, 0.2) is 0 Å². The molecule has 1 N–H and O–H groups in total. The number of halogens is 2. The van der Waals surface area contributed by atoms with Crippen LogP contribution in [0.2, 0.25) is 10.0 Å². The summed E-state index contributed by atoms with van der Waals surface area (Å²) in [5, 5.41) is 1.50. The molecule has 1 aliphatic rings. The quantitative estimate of drug-likeness (QED) is 0.668. The van der Waals surface area contributed by atoms with Crippen LogP contribution in [0.5, 0.6) is 0 Å². The second-order valence-electron chi connectivity index (χ2n) is 5.35. The zero-order valence-corrected chi connectivity index (χ0v) is 15.7. The first-order valence-electron chi connectivity index (χ1n) is 7.48. The number of benzene rings is 2. The number of hydrogen-bond acceptors (Lipinski definition) is 4. The third kappa shape index (κ3) is 5.23. The van der Waals surface area contributed by atoms with Gasteiger partial charge in [0.25, 0.3) is 0 Å². The molecule has 2 aromatic carbocycles. The molecule has 122 valence electrons. The van der Waals surface area contributed by atoms with E-state index in [9.17, 15) is 0 Å². The largest absolute Gasteiger partial charge is 0.325 e. The van der Waals surface area contributed by atoms with Gasteiger partial charge in [-0.3, -0.25) is 4.90 Å². The predicted octanol–water partition coefficient (Wildman–Crippen LogP) is 5.66. The van der Waals surface area contributed by atoms with Crippen LogP contribution >= 0.6 is 46.9 Å². The van der Waals surface area contributed by atoms with Gasteiger partial charge in [-0.1, -0.05) is 29.3 Å². The third-order valence-electron chi connectivity index (χ3n) is 3.66. The lowest BCUT2D eigenvalue weighted by atomic mass is 10.1. The molecule has 1 fully saturated rings. The highest BCUT2D eigenvalue weighted by molar-refractivity contribution is 8.00. The van der Waals surface area contributed by atoms with Crippen molar-refractivity contribution in [3.8, 4) is 0 Å². The van der Waals surface area contributed by atoms with Crippen LogP contribution in [0, 0.1) is 0 Å². The summed E-state index contributed by atoms with van der Waals surface area (Å²) in [6, 6.07) is 13.9. The average Bonchev–Trinajstić information content (AvgIpc) is 2.57. The van der Waals surface area contributed by atoms with Crippen molar-refractivity contribution in [2.45, 2.75) is 11.4 Å². The molecule has 0 saturated carbocycles. The van der Waals surface area contributed by atoms with Crippen molar-refractivity contribution in [2.24, 2.45) is 0 Å². The molecule has 1 aliphatic heterocycles. The Morgan fingerprint density at radius 1 is 1.00 bits per heavy atom. The van der Waals surface area contributed by atoms with Crippen LogP contribution in [0.25, 0.3) is 0 Å². The van der Waals surface area contributed by atoms with Crippen molar-refractivity contribution in [1.82, 2.24) is 4.90 Å². The predicted molar refractivity (Wildman–Crippen MR) is 105 cm³/mol. The number of anilines is 1. The molecule has 6 heteroatoms. The number of rotatable bonds is 5. The molecule has 0 amide bonds. The highest BCUT2D eigenvalue weighted by atomic mass is 35.5. The van der Waals surface area contributed by atoms with Crippen LogP contribution < -0.4 is 4.72 Å².